The lowest BCUT2D eigenvalue weighted by Crippen LogP contribution is -2.35. The highest BCUT2D eigenvalue weighted by Crippen LogP contribution is 2.18. The van der Waals surface area contributed by atoms with Crippen molar-refractivity contribution >= 4 is 5.97 Å². The Bertz CT molecular complexity index is 647. The molecule has 1 atom stereocenters. The van der Waals surface area contributed by atoms with Crippen LogP contribution < -0.4 is 0 Å². The number of hydrogen-bond donors (Lipinski definition) is 1. The van der Waals surface area contributed by atoms with Crippen molar-refractivity contribution in [2.75, 3.05) is 0 Å². The number of carboxylic acid groups (broad SMARTS) is 1. The first kappa shape index (κ1) is 17.2. The minimum atomic E-state index is -1.07. The number of aromatic carboxylic acids is 1. The predicted octanol–water partition coefficient (Wildman–Crippen LogP) is 3.73. The van der Waals surface area contributed by atoms with Gasteiger partial charge in [-0.3, -0.25) is 4.90 Å². The molecule has 1 aromatic carbocycles. The first-order valence-corrected chi connectivity index (χ1v) is 7.84. The molecule has 5 heteroatoms. The van der Waals surface area contributed by atoms with Gasteiger partial charge in [0.1, 0.15) is 6.26 Å². The maximum Gasteiger partial charge on any atom is 0.357 e. The number of carbonyl (C=O) groups is 1. The normalized spacial score (nSPS) is 12.8. The van der Waals surface area contributed by atoms with Gasteiger partial charge in [0.05, 0.1) is 6.54 Å². The first-order chi connectivity index (χ1) is 10.9. The second kappa shape index (κ2) is 7.42. The van der Waals surface area contributed by atoms with Crippen molar-refractivity contribution in [1.29, 1.82) is 0 Å². The minimum absolute atomic E-state index is 0.0486. The summed E-state index contributed by atoms with van der Waals surface area (Å²) in [7, 11) is 0. The van der Waals surface area contributed by atoms with Crippen molar-refractivity contribution in [2.24, 2.45) is 5.92 Å². The number of aromatic nitrogens is 1. The van der Waals surface area contributed by atoms with E-state index in [1.54, 1.807) is 0 Å². The number of carboxylic acids is 1. The lowest BCUT2D eigenvalue weighted by atomic mass is 10.0. The number of benzene rings is 1. The molecular formula is C18H24N2O3. The van der Waals surface area contributed by atoms with Gasteiger partial charge in [-0.25, -0.2) is 9.78 Å². The van der Waals surface area contributed by atoms with Gasteiger partial charge in [0.2, 0.25) is 5.89 Å². The van der Waals surface area contributed by atoms with E-state index in [1.165, 1.54) is 17.4 Å². The van der Waals surface area contributed by atoms with Crippen molar-refractivity contribution in [3.05, 3.63) is 53.2 Å². The molecule has 23 heavy (non-hydrogen) atoms. The molecule has 0 saturated carbocycles. The molecule has 0 aliphatic carbocycles. The standard InChI is InChI=1S/C18H24N2O3/c1-12(2)14(4)20(9-15-7-5-13(3)6-8-15)10-17-19-16(11-23-17)18(21)22/h5-8,11-12,14H,9-10H2,1-4H3,(H,21,22). The molecule has 0 saturated heterocycles. The fraction of sp³-hybridized carbons (Fsp3) is 0.444. The summed E-state index contributed by atoms with van der Waals surface area (Å²) in [5.74, 6) is -0.168. The average molecular weight is 316 g/mol. The van der Waals surface area contributed by atoms with E-state index in [0.717, 1.165) is 6.54 Å². The first-order valence-electron chi connectivity index (χ1n) is 7.84. The number of aryl methyl sites for hydroxylation is 1. The second-order valence-corrected chi connectivity index (χ2v) is 6.31. The molecule has 5 nitrogen and oxygen atoms in total. The third kappa shape index (κ3) is 4.66. The van der Waals surface area contributed by atoms with Crippen LogP contribution >= 0.6 is 0 Å². The fourth-order valence-electron chi connectivity index (χ4n) is 2.35. The molecule has 0 spiro atoms. The van der Waals surface area contributed by atoms with Gasteiger partial charge in [0.25, 0.3) is 0 Å². The van der Waals surface area contributed by atoms with E-state index < -0.39 is 5.97 Å². The van der Waals surface area contributed by atoms with E-state index in [9.17, 15) is 4.79 Å². The van der Waals surface area contributed by atoms with E-state index >= 15 is 0 Å². The molecule has 1 unspecified atom stereocenters. The minimum Gasteiger partial charge on any atom is -0.476 e. The molecule has 0 fully saturated rings. The summed E-state index contributed by atoms with van der Waals surface area (Å²) in [5, 5.41) is 8.95. The van der Waals surface area contributed by atoms with Crippen LogP contribution in [0.2, 0.25) is 0 Å². The highest BCUT2D eigenvalue weighted by atomic mass is 16.4. The predicted molar refractivity (Wildman–Crippen MR) is 88.2 cm³/mol. The topological polar surface area (TPSA) is 66.6 Å². The summed E-state index contributed by atoms with van der Waals surface area (Å²) in [6.07, 6.45) is 1.20. The summed E-state index contributed by atoms with van der Waals surface area (Å²) < 4.78 is 5.31. The van der Waals surface area contributed by atoms with Crippen molar-refractivity contribution in [2.45, 2.75) is 46.8 Å². The number of nitrogens with zero attached hydrogens (tertiary/aromatic N) is 2. The summed E-state index contributed by atoms with van der Waals surface area (Å²) >= 11 is 0. The quantitative estimate of drug-likeness (QED) is 0.843. The van der Waals surface area contributed by atoms with Gasteiger partial charge in [-0.15, -0.1) is 0 Å². The molecular weight excluding hydrogens is 292 g/mol. The Hall–Kier alpha value is -2.14. The van der Waals surface area contributed by atoms with Crippen LogP contribution in [0.15, 0.2) is 34.9 Å². The van der Waals surface area contributed by atoms with Crippen LogP contribution in [-0.4, -0.2) is 27.0 Å². The molecule has 0 bridgehead atoms. The van der Waals surface area contributed by atoms with E-state index in [-0.39, 0.29) is 5.69 Å². The zero-order valence-corrected chi connectivity index (χ0v) is 14.1. The molecule has 0 amide bonds. The molecule has 0 aliphatic heterocycles. The van der Waals surface area contributed by atoms with Gasteiger partial charge in [0.15, 0.2) is 5.69 Å². The lowest BCUT2D eigenvalue weighted by Gasteiger charge is -2.30. The largest absolute Gasteiger partial charge is 0.476 e. The highest BCUT2D eigenvalue weighted by Gasteiger charge is 2.21. The van der Waals surface area contributed by atoms with Gasteiger partial charge in [0, 0.05) is 12.6 Å². The monoisotopic (exact) mass is 316 g/mol. The highest BCUT2D eigenvalue weighted by molar-refractivity contribution is 5.84. The van der Waals surface area contributed by atoms with Crippen LogP contribution in [0.5, 0.6) is 0 Å². The third-order valence-corrected chi connectivity index (χ3v) is 4.16. The molecule has 2 aromatic rings. The van der Waals surface area contributed by atoms with Gasteiger partial charge in [-0.1, -0.05) is 43.7 Å². The summed E-state index contributed by atoms with van der Waals surface area (Å²) in [6, 6.07) is 8.75. The van der Waals surface area contributed by atoms with Crippen molar-refractivity contribution in [1.82, 2.24) is 9.88 Å². The Morgan fingerprint density at radius 3 is 2.39 bits per heavy atom. The van der Waals surface area contributed by atoms with Gasteiger partial charge < -0.3 is 9.52 Å². The average Bonchev–Trinajstić information content (AvgIpc) is 2.97. The van der Waals surface area contributed by atoms with E-state index in [0.29, 0.717) is 24.4 Å². The molecule has 2 rings (SSSR count). The molecule has 124 valence electrons. The molecule has 0 aliphatic rings. The van der Waals surface area contributed by atoms with E-state index in [1.807, 2.05) is 0 Å². The Balaban J connectivity index is 2.16. The molecule has 0 radical (unpaired) electrons. The lowest BCUT2D eigenvalue weighted by molar-refractivity contribution is 0.0690. The maximum atomic E-state index is 10.9. The van der Waals surface area contributed by atoms with E-state index in [4.69, 9.17) is 9.52 Å². The molecule has 1 heterocycles. The van der Waals surface area contributed by atoms with Crippen molar-refractivity contribution in [3.8, 4) is 0 Å². The van der Waals surface area contributed by atoms with Gasteiger partial charge in [-0.2, -0.15) is 0 Å². The van der Waals surface area contributed by atoms with E-state index in [2.05, 4.69) is 61.8 Å². The van der Waals surface area contributed by atoms with Crippen LogP contribution in [0.1, 0.15) is 48.3 Å². The Labute approximate surface area is 137 Å². The smallest absolute Gasteiger partial charge is 0.357 e. The Morgan fingerprint density at radius 2 is 1.87 bits per heavy atom. The summed E-state index contributed by atoms with van der Waals surface area (Å²) in [4.78, 5) is 17.2. The fourth-order valence-corrected chi connectivity index (χ4v) is 2.35. The number of rotatable bonds is 7. The zero-order chi connectivity index (χ0) is 17.0. The van der Waals surface area contributed by atoms with Gasteiger partial charge in [-0.05, 0) is 25.3 Å². The van der Waals surface area contributed by atoms with Crippen LogP contribution in [0, 0.1) is 12.8 Å². The summed E-state index contributed by atoms with van der Waals surface area (Å²) in [6.45, 7) is 9.83. The Morgan fingerprint density at radius 1 is 1.22 bits per heavy atom. The summed E-state index contributed by atoms with van der Waals surface area (Å²) in [5.41, 5.74) is 2.40. The number of oxazole rings is 1. The third-order valence-electron chi connectivity index (χ3n) is 4.16. The SMILES string of the molecule is Cc1ccc(CN(Cc2nc(C(=O)O)co2)C(C)C(C)C)cc1. The maximum absolute atomic E-state index is 10.9. The Kier molecular flexibility index (Phi) is 5.55. The van der Waals surface area contributed by atoms with Crippen LogP contribution in [-0.2, 0) is 13.1 Å². The van der Waals surface area contributed by atoms with Gasteiger partial charge >= 0.3 is 5.97 Å². The molecule has 1 N–H and O–H groups in total. The van der Waals surface area contributed by atoms with Crippen LogP contribution in [0.4, 0.5) is 0 Å². The second-order valence-electron chi connectivity index (χ2n) is 6.31. The van der Waals surface area contributed by atoms with Crippen molar-refractivity contribution in [3.63, 3.8) is 0 Å². The van der Waals surface area contributed by atoms with Crippen LogP contribution in [0.25, 0.3) is 0 Å². The molecule has 1 aromatic heterocycles. The zero-order valence-electron chi connectivity index (χ0n) is 14.1. The van der Waals surface area contributed by atoms with Crippen LogP contribution in [0.3, 0.4) is 0 Å². The number of hydrogen-bond acceptors (Lipinski definition) is 4. The van der Waals surface area contributed by atoms with Crippen molar-refractivity contribution < 1.29 is 14.3 Å².